The van der Waals surface area contributed by atoms with E-state index in [4.69, 9.17) is 4.74 Å². The normalized spacial score (nSPS) is 17.8. The van der Waals surface area contributed by atoms with Gasteiger partial charge in [-0.15, -0.1) is 12.4 Å². The molecule has 1 aromatic carbocycles. The second-order valence-electron chi connectivity index (χ2n) is 5.80. The minimum atomic E-state index is -0.844. The van der Waals surface area contributed by atoms with Crippen LogP contribution in [0.5, 0.6) is 0 Å². The fraction of sp³-hybridized carbons (Fsp3) is 0.529. The third kappa shape index (κ3) is 5.78. The molecule has 134 valence electrons. The molecule has 0 aliphatic carbocycles. The Morgan fingerprint density at radius 3 is 2.67 bits per heavy atom. The van der Waals surface area contributed by atoms with Crippen molar-refractivity contribution in [3.63, 3.8) is 0 Å². The number of amides is 1. The van der Waals surface area contributed by atoms with Crippen molar-refractivity contribution in [1.29, 1.82) is 0 Å². The fourth-order valence-electron chi connectivity index (χ4n) is 2.92. The number of hydrogen-bond donors (Lipinski definition) is 2. The molecule has 1 aromatic rings. The summed E-state index contributed by atoms with van der Waals surface area (Å²) in [5.41, 5.74) is 2.05. The van der Waals surface area contributed by atoms with E-state index in [9.17, 15) is 14.7 Å². The number of nitrogens with one attached hydrogen (secondary N) is 1. The van der Waals surface area contributed by atoms with E-state index in [-0.39, 0.29) is 24.9 Å². The molecular formula is C17H25ClN2O4. The van der Waals surface area contributed by atoms with Gasteiger partial charge in [0.05, 0.1) is 13.2 Å². The van der Waals surface area contributed by atoms with E-state index in [0.717, 1.165) is 24.0 Å². The average molecular weight is 357 g/mol. The van der Waals surface area contributed by atoms with Crippen LogP contribution in [-0.4, -0.2) is 48.1 Å². The monoisotopic (exact) mass is 356 g/mol. The van der Waals surface area contributed by atoms with Gasteiger partial charge in [0.25, 0.3) is 0 Å². The van der Waals surface area contributed by atoms with Gasteiger partial charge in [-0.1, -0.05) is 30.7 Å². The van der Waals surface area contributed by atoms with Gasteiger partial charge in [-0.25, -0.2) is 0 Å². The van der Waals surface area contributed by atoms with Gasteiger partial charge in [0.2, 0.25) is 5.91 Å². The van der Waals surface area contributed by atoms with Crippen LogP contribution in [-0.2, 0) is 27.5 Å². The van der Waals surface area contributed by atoms with Crippen LogP contribution in [0.4, 0.5) is 0 Å². The van der Waals surface area contributed by atoms with Crippen molar-refractivity contribution in [2.45, 2.75) is 38.5 Å². The average Bonchev–Trinajstić information content (AvgIpc) is 2.54. The summed E-state index contributed by atoms with van der Waals surface area (Å²) in [5, 5.41) is 12.1. The number of aliphatic carboxylic acids is 1. The van der Waals surface area contributed by atoms with E-state index in [1.165, 1.54) is 0 Å². The number of halogens is 1. The first-order chi connectivity index (χ1) is 11.1. The summed E-state index contributed by atoms with van der Waals surface area (Å²) < 4.78 is 5.15. The van der Waals surface area contributed by atoms with Crippen LogP contribution in [0, 0.1) is 0 Å². The van der Waals surface area contributed by atoms with Gasteiger partial charge in [-0.2, -0.15) is 0 Å². The van der Waals surface area contributed by atoms with Crippen molar-refractivity contribution in [2.24, 2.45) is 0 Å². The predicted molar refractivity (Wildman–Crippen MR) is 93.1 cm³/mol. The summed E-state index contributed by atoms with van der Waals surface area (Å²) in [6.07, 6.45) is 2.45. The van der Waals surface area contributed by atoms with Crippen LogP contribution < -0.4 is 5.32 Å². The molecule has 1 heterocycles. The summed E-state index contributed by atoms with van der Waals surface area (Å²) in [6.45, 7) is 1.71. The Morgan fingerprint density at radius 1 is 1.29 bits per heavy atom. The second-order valence-corrected chi connectivity index (χ2v) is 5.80. The Kier molecular flexibility index (Phi) is 8.74. The molecule has 2 N–H and O–H groups in total. The summed E-state index contributed by atoms with van der Waals surface area (Å²) >= 11 is 0. The van der Waals surface area contributed by atoms with E-state index in [2.05, 4.69) is 5.32 Å². The van der Waals surface area contributed by atoms with E-state index in [1.54, 1.807) is 12.0 Å². The van der Waals surface area contributed by atoms with Crippen LogP contribution in [0.15, 0.2) is 24.3 Å². The number of likely N-dealkylation sites (tertiary alicyclic amines) is 1. The Labute approximate surface area is 148 Å². The first-order valence-corrected chi connectivity index (χ1v) is 7.91. The molecule has 1 aliphatic heterocycles. The van der Waals surface area contributed by atoms with Crippen LogP contribution in [0.1, 0.15) is 30.4 Å². The molecule has 1 saturated heterocycles. The smallest absolute Gasteiger partial charge is 0.320 e. The number of carbonyl (C=O) groups excluding carboxylic acids is 1. The molecule has 1 unspecified atom stereocenters. The lowest BCUT2D eigenvalue weighted by molar-refractivity contribution is -0.145. The summed E-state index contributed by atoms with van der Waals surface area (Å²) in [6, 6.07) is 7.23. The van der Waals surface area contributed by atoms with Crippen molar-refractivity contribution >= 4 is 24.3 Å². The van der Waals surface area contributed by atoms with Crippen molar-refractivity contribution < 1.29 is 19.4 Å². The molecule has 0 bridgehead atoms. The number of rotatable bonds is 7. The van der Waals surface area contributed by atoms with Crippen LogP contribution in [0.25, 0.3) is 0 Å². The maximum atomic E-state index is 12.1. The highest BCUT2D eigenvalue weighted by atomic mass is 35.5. The number of carboxylic acid groups (broad SMARTS) is 1. The highest BCUT2D eigenvalue weighted by molar-refractivity contribution is 5.85. The molecular weight excluding hydrogens is 332 g/mol. The number of nitrogens with zero attached hydrogens (tertiary/aromatic N) is 1. The first kappa shape index (κ1) is 20.4. The summed E-state index contributed by atoms with van der Waals surface area (Å²) in [7, 11) is 1.64. The Hall–Kier alpha value is -1.63. The Bertz CT molecular complexity index is 553. The van der Waals surface area contributed by atoms with Crippen LogP contribution >= 0.6 is 12.4 Å². The molecule has 1 aliphatic rings. The predicted octanol–water partition coefficient (Wildman–Crippen LogP) is 1.81. The minimum absolute atomic E-state index is 0. The number of carbonyl (C=O) groups is 2. The number of ether oxygens (including phenoxy) is 1. The molecule has 1 amide bonds. The molecule has 1 atom stereocenters. The van der Waals surface area contributed by atoms with E-state index >= 15 is 0 Å². The second kappa shape index (κ2) is 10.3. The molecule has 0 aromatic heterocycles. The fourth-order valence-corrected chi connectivity index (χ4v) is 2.92. The zero-order chi connectivity index (χ0) is 16.7. The standard InChI is InChI=1S/C17H24N2O4.ClH/c1-23-12-14-7-3-2-6-13(14)10-18-16(20)11-19-9-5-4-8-15(19)17(21)22;/h2-3,6-7,15H,4-5,8-12H2,1H3,(H,18,20)(H,21,22);1H. The lowest BCUT2D eigenvalue weighted by atomic mass is 10.0. The Balaban J connectivity index is 0.00000288. The Morgan fingerprint density at radius 2 is 2.00 bits per heavy atom. The molecule has 24 heavy (non-hydrogen) atoms. The minimum Gasteiger partial charge on any atom is -0.480 e. The molecule has 1 fully saturated rings. The van der Waals surface area contributed by atoms with Gasteiger partial charge in [0.15, 0.2) is 0 Å². The zero-order valence-corrected chi connectivity index (χ0v) is 14.7. The molecule has 2 rings (SSSR count). The SMILES string of the molecule is COCc1ccccc1CNC(=O)CN1CCCCC1C(=O)O.Cl. The van der Waals surface area contributed by atoms with Gasteiger partial charge >= 0.3 is 5.97 Å². The van der Waals surface area contributed by atoms with Crippen LogP contribution in [0.2, 0.25) is 0 Å². The molecule has 0 spiro atoms. The molecule has 0 saturated carbocycles. The van der Waals surface area contributed by atoms with Gasteiger partial charge in [-0.3, -0.25) is 14.5 Å². The van der Waals surface area contributed by atoms with Crippen molar-refractivity contribution in [3.05, 3.63) is 35.4 Å². The lowest BCUT2D eigenvalue weighted by Crippen LogP contribution is -2.48. The maximum absolute atomic E-state index is 12.1. The van der Waals surface area contributed by atoms with E-state index < -0.39 is 12.0 Å². The number of methoxy groups -OCH3 is 1. The lowest BCUT2D eigenvalue weighted by Gasteiger charge is -2.32. The van der Waals surface area contributed by atoms with Crippen molar-refractivity contribution in [2.75, 3.05) is 20.2 Å². The number of piperidine rings is 1. The summed E-state index contributed by atoms with van der Waals surface area (Å²) in [4.78, 5) is 25.2. The van der Waals surface area contributed by atoms with E-state index in [0.29, 0.717) is 26.1 Å². The number of benzene rings is 1. The zero-order valence-electron chi connectivity index (χ0n) is 13.9. The van der Waals surface area contributed by atoms with Gasteiger partial charge < -0.3 is 15.2 Å². The largest absolute Gasteiger partial charge is 0.480 e. The number of carboxylic acids is 1. The third-order valence-electron chi connectivity index (χ3n) is 4.14. The highest BCUT2D eigenvalue weighted by Gasteiger charge is 2.29. The van der Waals surface area contributed by atoms with E-state index in [1.807, 2.05) is 24.3 Å². The maximum Gasteiger partial charge on any atom is 0.320 e. The summed E-state index contributed by atoms with van der Waals surface area (Å²) in [5.74, 6) is -0.992. The topological polar surface area (TPSA) is 78.9 Å². The highest BCUT2D eigenvalue weighted by Crippen LogP contribution is 2.16. The van der Waals surface area contributed by atoms with Gasteiger partial charge in [-0.05, 0) is 30.5 Å². The van der Waals surface area contributed by atoms with Crippen LogP contribution in [0.3, 0.4) is 0 Å². The molecule has 7 heteroatoms. The third-order valence-corrected chi connectivity index (χ3v) is 4.14. The molecule has 0 radical (unpaired) electrons. The first-order valence-electron chi connectivity index (χ1n) is 7.91. The van der Waals surface area contributed by atoms with Crippen molar-refractivity contribution in [1.82, 2.24) is 10.2 Å². The van der Waals surface area contributed by atoms with Gasteiger partial charge in [0, 0.05) is 13.7 Å². The molecule has 6 nitrogen and oxygen atoms in total. The van der Waals surface area contributed by atoms with Gasteiger partial charge in [0.1, 0.15) is 6.04 Å². The van der Waals surface area contributed by atoms with Crippen molar-refractivity contribution in [3.8, 4) is 0 Å². The quantitative estimate of drug-likeness (QED) is 0.779. The number of hydrogen-bond acceptors (Lipinski definition) is 4.